The minimum atomic E-state index is -0.564. The Labute approximate surface area is 140 Å². The number of esters is 1. The van der Waals surface area contributed by atoms with Crippen LogP contribution in [0.3, 0.4) is 0 Å². The fourth-order valence-corrected chi connectivity index (χ4v) is 3.78. The first-order chi connectivity index (χ1) is 11.6. The summed E-state index contributed by atoms with van der Waals surface area (Å²) in [4.78, 5) is 24.4. The Bertz CT molecular complexity index is 786. The van der Waals surface area contributed by atoms with Crippen LogP contribution in [0.25, 0.3) is 11.0 Å². The molecule has 3 rings (SSSR count). The van der Waals surface area contributed by atoms with Crippen molar-refractivity contribution in [2.75, 3.05) is 7.11 Å². The number of ether oxygens (including phenoxy) is 1. The summed E-state index contributed by atoms with van der Waals surface area (Å²) in [6.45, 7) is 0. The van der Waals surface area contributed by atoms with Crippen LogP contribution in [0.1, 0.15) is 50.0 Å². The molecule has 1 aliphatic carbocycles. The van der Waals surface area contributed by atoms with Gasteiger partial charge in [-0.2, -0.15) is 0 Å². The average Bonchev–Trinajstić information content (AvgIpc) is 2.61. The molecule has 1 atom stereocenters. The molecule has 1 fully saturated rings. The van der Waals surface area contributed by atoms with Crippen molar-refractivity contribution in [3.63, 3.8) is 0 Å². The molecule has 128 valence electrons. The summed E-state index contributed by atoms with van der Waals surface area (Å²) in [6, 6.07) is 6.89. The lowest BCUT2D eigenvalue weighted by atomic mass is 9.75. The van der Waals surface area contributed by atoms with Crippen LogP contribution in [0.4, 0.5) is 0 Å². The molecule has 0 saturated heterocycles. The zero-order valence-electron chi connectivity index (χ0n) is 13.8. The number of hydrogen-bond donors (Lipinski definition) is 1. The second kappa shape index (κ2) is 7.07. The van der Waals surface area contributed by atoms with Gasteiger partial charge in [0.15, 0.2) is 0 Å². The maximum atomic E-state index is 12.5. The van der Waals surface area contributed by atoms with Gasteiger partial charge in [0.2, 0.25) is 0 Å². The van der Waals surface area contributed by atoms with Gasteiger partial charge in [0.25, 0.3) is 0 Å². The van der Waals surface area contributed by atoms with Crippen LogP contribution in [0.15, 0.2) is 33.5 Å². The third-order valence-electron chi connectivity index (χ3n) is 5.02. The minimum absolute atomic E-state index is 0.0682. The molecule has 0 spiro atoms. The first-order valence-electron chi connectivity index (χ1n) is 8.43. The highest BCUT2D eigenvalue weighted by molar-refractivity contribution is 5.84. The van der Waals surface area contributed by atoms with E-state index in [1.165, 1.54) is 13.5 Å². The molecule has 1 saturated carbocycles. The van der Waals surface area contributed by atoms with Crippen molar-refractivity contribution in [2.45, 2.75) is 44.4 Å². The van der Waals surface area contributed by atoms with E-state index in [0.29, 0.717) is 11.0 Å². The molecule has 1 N–H and O–H groups in total. The van der Waals surface area contributed by atoms with Crippen LogP contribution < -0.4 is 5.63 Å². The molecule has 5 heteroatoms. The maximum absolute atomic E-state index is 12.5. The summed E-state index contributed by atoms with van der Waals surface area (Å²) in [5, 5.41) is 11.2. The van der Waals surface area contributed by atoms with Crippen LogP contribution in [-0.4, -0.2) is 18.2 Å². The SMILES string of the molecule is COC(=O)C[C@@H](c1c(O)c2ccccc2oc1=O)C1CCCCC1. The molecule has 24 heavy (non-hydrogen) atoms. The van der Waals surface area contributed by atoms with Crippen LogP contribution in [0.5, 0.6) is 5.75 Å². The minimum Gasteiger partial charge on any atom is -0.507 e. The topological polar surface area (TPSA) is 76.7 Å². The van der Waals surface area contributed by atoms with Gasteiger partial charge in [0.05, 0.1) is 24.5 Å². The van der Waals surface area contributed by atoms with Crippen molar-refractivity contribution in [1.29, 1.82) is 0 Å². The second-order valence-electron chi connectivity index (χ2n) is 6.43. The maximum Gasteiger partial charge on any atom is 0.343 e. The van der Waals surface area contributed by atoms with Crippen LogP contribution in [0, 0.1) is 5.92 Å². The van der Waals surface area contributed by atoms with Gasteiger partial charge in [-0.25, -0.2) is 4.79 Å². The number of para-hydroxylation sites is 1. The van der Waals surface area contributed by atoms with Gasteiger partial charge in [0.1, 0.15) is 11.3 Å². The van der Waals surface area contributed by atoms with Gasteiger partial charge in [-0.05, 0) is 30.9 Å². The van der Waals surface area contributed by atoms with Crippen LogP contribution in [0.2, 0.25) is 0 Å². The Hall–Kier alpha value is -2.30. The quantitative estimate of drug-likeness (QED) is 0.683. The third-order valence-corrected chi connectivity index (χ3v) is 5.02. The predicted octanol–water partition coefficient (Wildman–Crippen LogP) is 3.73. The summed E-state index contributed by atoms with van der Waals surface area (Å²) in [5.41, 5.74) is 0.000823. The highest BCUT2D eigenvalue weighted by Gasteiger charge is 2.33. The molecule has 0 amide bonds. The lowest BCUT2D eigenvalue weighted by molar-refractivity contribution is -0.141. The van der Waals surface area contributed by atoms with Crippen molar-refractivity contribution in [3.05, 3.63) is 40.2 Å². The van der Waals surface area contributed by atoms with E-state index in [1.54, 1.807) is 24.3 Å². The van der Waals surface area contributed by atoms with E-state index < -0.39 is 5.63 Å². The van der Waals surface area contributed by atoms with Crippen LogP contribution in [-0.2, 0) is 9.53 Å². The van der Waals surface area contributed by atoms with E-state index in [2.05, 4.69) is 0 Å². The van der Waals surface area contributed by atoms with E-state index in [1.807, 2.05) is 0 Å². The molecule has 0 unspecified atom stereocenters. The number of hydrogen-bond acceptors (Lipinski definition) is 5. The van der Waals surface area contributed by atoms with E-state index in [9.17, 15) is 14.7 Å². The Kier molecular flexibility index (Phi) is 4.88. The standard InChI is InChI=1S/C19H22O5/c1-23-16(20)11-14(12-7-3-2-4-8-12)17-18(21)13-9-5-6-10-15(13)24-19(17)22/h5-6,9-10,12,14,21H,2-4,7-8,11H2,1H3/t14-/m1/s1. The molecule has 0 aliphatic heterocycles. The van der Waals surface area contributed by atoms with Crippen molar-refractivity contribution in [2.24, 2.45) is 5.92 Å². The Morgan fingerprint density at radius 1 is 1.29 bits per heavy atom. The average molecular weight is 330 g/mol. The van der Waals surface area contributed by atoms with Gasteiger partial charge in [-0.3, -0.25) is 4.79 Å². The van der Waals surface area contributed by atoms with Gasteiger partial charge in [0, 0.05) is 5.92 Å². The van der Waals surface area contributed by atoms with Crippen molar-refractivity contribution in [1.82, 2.24) is 0 Å². The monoisotopic (exact) mass is 330 g/mol. The molecule has 5 nitrogen and oxygen atoms in total. The van der Waals surface area contributed by atoms with Crippen molar-refractivity contribution >= 4 is 16.9 Å². The van der Waals surface area contributed by atoms with Gasteiger partial charge in [-0.15, -0.1) is 0 Å². The molecular weight excluding hydrogens is 308 g/mol. The van der Waals surface area contributed by atoms with Crippen molar-refractivity contribution in [3.8, 4) is 5.75 Å². The summed E-state index contributed by atoms with van der Waals surface area (Å²) in [7, 11) is 1.34. The highest BCUT2D eigenvalue weighted by atomic mass is 16.5. The number of carbonyl (C=O) groups excluding carboxylic acids is 1. The number of benzene rings is 1. The molecule has 1 aromatic carbocycles. The zero-order valence-corrected chi connectivity index (χ0v) is 13.8. The number of fused-ring (bicyclic) bond motifs is 1. The second-order valence-corrected chi connectivity index (χ2v) is 6.43. The molecule has 1 aliphatic rings. The first kappa shape index (κ1) is 16.6. The number of methoxy groups -OCH3 is 1. The van der Waals surface area contributed by atoms with E-state index in [-0.39, 0.29) is 35.5 Å². The number of carbonyl (C=O) groups is 1. The molecule has 0 bridgehead atoms. The Morgan fingerprint density at radius 2 is 2.00 bits per heavy atom. The third kappa shape index (κ3) is 3.16. The first-order valence-corrected chi connectivity index (χ1v) is 8.43. The summed E-state index contributed by atoms with van der Waals surface area (Å²) in [6.07, 6.45) is 5.27. The number of aromatic hydroxyl groups is 1. The largest absolute Gasteiger partial charge is 0.507 e. The van der Waals surface area contributed by atoms with Crippen molar-refractivity contribution < 1.29 is 19.1 Å². The highest BCUT2D eigenvalue weighted by Crippen LogP contribution is 2.41. The summed E-state index contributed by atoms with van der Waals surface area (Å²) >= 11 is 0. The van der Waals surface area contributed by atoms with Gasteiger partial charge < -0.3 is 14.3 Å². The van der Waals surface area contributed by atoms with Crippen LogP contribution >= 0.6 is 0 Å². The fourth-order valence-electron chi connectivity index (χ4n) is 3.78. The lowest BCUT2D eigenvalue weighted by Gasteiger charge is -2.29. The Morgan fingerprint density at radius 3 is 2.71 bits per heavy atom. The van der Waals surface area contributed by atoms with Gasteiger partial charge in [-0.1, -0.05) is 31.4 Å². The molecule has 1 heterocycles. The van der Waals surface area contributed by atoms with Gasteiger partial charge >= 0.3 is 11.6 Å². The van der Waals surface area contributed by atoms with E-state index >= 15 is 0 Å². The lowest BCUT2D eigenvalue weighted by Crippen LogP contribution is -2.25. The normalized spacial score (nSPS) is 16.9. The molecule has 1 aromatic heterocycles. The van der Waals surface area contributed by atoms with E-state index in [4.69, 9.17) is 9.15 Å². The summed E-state index contributed by atoms with van der Waals surface area (Å²) in [5.74, 6) is -0.648. The summed E-state index contributed by atoms with van der Waals surface area (Å²) < 4.78 is 10.2. The fraction of sp³-hybridized carbons (Fsp3) is 0.474. The molecular formula is C19H22O5. The predicted molar refractivity (Wildman–Crippen MR) is 90.1 cm³/mol. The molecule has 2 aromatic rings. The molecule has 0 radical (unpaired) electrons. The Balaban J connectivity index is 2.10. The van der Waals surface area contributed by atoms with E-state index in [0.717, 1.165) is 25.7 Å². The smallest absolute Gasteiger partial charge is 0.343 e. The number of rotatable bonds is 4. The zero-order chi connectivity index (χ0) is 17.1.